The van der Waals surface area contributed by atoms with Crippen molar-refractivity contribution in [2.45, 2.75) is 51.4 Å². The van der Waals surface area contributed by atoms with Gasteiger partial charge in [0, 0.05) is 27.5 Å². The Morgan fingerprint density at radius 3 is 1.61 bits per heavy atom. The Kier molecular flexibility index (Phi) is 7.25. The van der Waals surface area contributed by atoms with Crippen molar-refractivity contribution in [2.24, 2.45) is 0 Å². The fourth-order valence-electron chi connectivity index (χ4n) is 7.79. The summed E-state index contributed by atoms with van der Waals surface area (Å²) < 4.78 is 6.82. The van der Waals surface area contributed by atoms with Crippen LogP contribution in [0.15, 0.2) is 144 Å². The molecule has 4 heteroatoms. The van der Waals surface area contributed by atoms with E-state index in [9.17, 15) is 0 Å². The Hall–Kier alpha value is -5.87. The minimum atomic E-state index is 0.0555. The second-order valence-corrected chi connectivity index (χ2v) is 15.1. The quantitative estimate of drug-likeness (QED) is 0.184. The van der Waals surface area contributed by atoms with E-state index in [0.29, 0.717) is 17.5 Å². The lowest BCUT2D eigenvalue weighted by molar-refractivity contribution is 0.332. The molecule has 0 atom stereocenters. The maximum Gasteiger partial charge on any atom is 0.167 e. The first-order valence-corrected chi connectivity index (χ1v) is 17.8. The van der Waals surface area contributed by atoms with Crippen LogP contribution in [0, 0.1) is 0 Å². The van der Waals surface area contributed by atoms with Crippen LogP contribution in [0.5, 0.6) is 0 Å². The molecular formula is C47H39N3O. The van der Waals surface area contributed by atoms with Crippen molar-refractivity contribution in [1.29, 1.82) is 0 Å². The van der Waals surface area contributed by atoms with Crippen LogP contribution in [0.3, 0.4) is 0 Å². The van der Waals surface area contributed by atoms with Crippen molar-refractivity contribution in [1.82, 2.24) is 15.0 Å². The molecule has 0 N–H and O–H groups in total. The van der Waals surface area contributed by atoms with Crippen LogP contribution in [0.2, 0.25) is 0 Å². The number of aromatic nitrogens is 3. The summed E-state index contributed by atoms with van der Waals surface area (Å²) in [7, 11) is 0. The van der Waals surface area contributed by atoms with E-state index in [4.69, 9.17) is 19.4 Å². The van der Waals surface area contributed by atoms with E-state index >= 15 is 0 Å². The molecule has 0 saturated heterocycles. The van der Waals surface area contributed by atoms with Gasteiger partial charge in [-0.05, 0) is 69.7 Å². The van der Waals surface area contributed by atoms with Gasteiger partial charge in [-0.25, -0.2) is 15.0 Å². The summed E-state index contributed by atoms with van der Waals surface area (Å²) in [5, 5.41) is 2.10. The van der Waals surface area contributed by atoms with Crippen LogP contribution in [-0.2, 0) is 10.8 Å². The number of hydrogen-bond donors (Lipinski definition) is 0. The predicted octanol–water partition coefficient (Wildman–Crippen LogP) is 12.5. The first kappa shape index (κ1) is 31.1. The van der Waals surface area contributed by atoms with Gasteiger partial charge in [-0.2, -0.15) is 0 Å². The average molecular weight is 662 g/mol. The Labute approximate surface area is 298 Å². The lowest BCUT2D eigenvalue weighted by Crippen LogP contribution is -2.33. The number of rotatable bonds is 5. The zero-order valence-corrected chi connectivity index (χ0v) is 29.4. The molecule has 1 aliphatic rings. The molecule has 0 amide bonds. The lowest BCUT2D eigenvalue weighted by atomic mass is 9.63. The van der Waals surface area contributed by atoms with E-state index in [-0.39, 0.29) is 10.8 Å². The lowest BCUT2D eigenvalue weighted by Gasteiger charge is -2.42. The van der Waals surface area contributed by atoms with Crippen molar-refractivity contribution < 1.29 is 4.42 Å². The van der Waals surface area contributed by atoms with Gasteiger partial charge < -0.3 is 4.42 Å². The van der Waals surface area contributed by atoms with E-state index in [1.807, 2.05) is 12.1 Å². The molecule has 9 rings (SSSR count). The number of fused-ring (bicyclic) bond motifs is 4. The highest BCUT2D eigenvalue weighted by atomic mass is 16.3. The molecule has 51 heavy (non-hydrogen) atoms. The van der Waals surface area contributed by atoms with Crippen LogP contribution in [0.25, 0.3) is 78.4 Å². The van der Waals surface area contributed by atoms with Gasteiger partial charge in [0.1, 0.15) is 11.2 Å². The highest BCUT2D eigenvalue weighted by Crippen LogP contribution is 2.47. The molecule has 0 radical (unpaired) electrons. The van der Waals surface area contributed by atoms with Gasteiger partial charge in [0.25, 0.3) is 0 Å². The van der Waals surface area contributed by atoms with E-state index in [0.717, 1.165) is 73.7 Å². The van der Waals surface area contributed by atoms with Crippen LogP contribution >= 0.6 is 0 Å². The molecule has 0 unspecified atom stereocenters. The van der Waals surface area contributed by atoms with Gasteiger partial charge in [0.2, 0.25) is 0 Å². The predicted molar refractivity (Wildman–Crippen MR) is 210 cm³/mol. The van der Waals surface area contributed by atoms with E-state index in [2.05, 4.69) is 155 Å². The fourth-order valence-corrected chi connectivity index (χ4v) is 7.79. The molecule has 2 aromatic heterocycles. The standard InChI is InChI=1S/C47H39N3O/c1-46(2)26-27-47(3,4)40-29-34(24-25-39(40)46)44-48-43(33-19-11-18-32(28-33)30-14-7-5-8-15-30)49-45(50-44)38-23-13-22-37-36-21-12-20-35(41(36)51-42(37)38)31-16-9-6-10-17-31/h5-25,28-29H,26-27H2,1-4H3. The number of benzene rings is 6. The Balaban J connectivity index is 1.27. The van der Waals surface area contributed by atoms with Gasteiger partial charge in [-0.1, -0.05) is 149 Å². The van der Waals surface area contributed by atoms with Gasteiger partial charge in [0.15, 0.2) is 17.5 Å². The molecule has 0 bridgehead atoms. The number of hydrogen-bond acceptors (Lipinski definition) is 4. The normalized spacial score (nSPS) is 14.8. The zero-order chi connectivity index (χ0) is 34.7. The maximum absolute atomic E-state index is 6.82. The molecule has 4 nitrogen and oxygen atoms in total. The summed E-state index contributed by atoms with van der Waals surface area (Å²) >= 11 is 0. The second kappa shape index (κ2) is 11.9. The highest BCUT2D eigenvalue weighted by molar-refractivity contribution is 6.12. The number of nitrogens with zero attached hydrogens (tertiary/aromatic N) is 3. The van der Waals surface area contributed by atoms with Gasteiger partial charge in [-0.3, -0.25) is 0 Å². The summed E-state index contributed by atoms with van der Waals surface area (Å²) in [6.07, 6.45) is 2.30. The third-order valence-electron chi connectivity index (χ3n) is 10.8. The number of para-hydroxylation sites is 2. The smallest absolute Gasteiger partial charge is 0.167 e. The van der Waals surface area contributed by atoms with Crippen LogP contribution in [-0.4, -0.2) is 15.0 Å². The van der Waals surface area contributed by atoms with Crippen LogP contribution in [0.4, 0.5) is 0 Å². The van der Waals surface area contributed by atoms with Crippen molar-refractivity contribution >= 4 is 21.9 Å². The average Bonchev–Trinajstić information content (AvgIpc) is 3.56. The molecule has 0 fully saturated rings. The topological polar surface area (TPSA) is 51.8 Å². The number of furan rings is 1. The third-order valence-corrected chi connectivity index (χ3v) is 10.8. The third kappa shape index (κ3) is 5.43. The van der Waals surface area contributed by atoms with Crippen LogP contribution in [0.1, 0.15) is 51.7 Å². The summed E-state index contributed by atoms with van der Waals surface area (Å²) in [6, 6.07) is 48.8. The Morgan fingerprint density at radius 2 is 0.922 bits per heavy atom. The minimum Gasteiger partial charge on any atom is -0.455 e. The van der Waals surface area contributed by atoms with Crippen molar-refractivity contribution in [2.75, 3.05) is 0 Å². The van der Waals surface area contributed by atoms with E-state index < -0.39 is 0 Å². The summed E-state index contributed by atoms with van der Waals surface area (Å²) in [5.74, 6) is 1.87. The molecule has 0 saturated carbocycles. The summed E-state index contributed by atoms with van der Waals surface area (Å²) in [4.78, 5) is 15.6. The maximum atomic E-state index is 6.82. The van der Waals surface area contributed by atoms with E-state index in [1.165, 1.54) is 11.1 Å². The van der Waals surface area contributed by atoms with Gasteiger partial charge in [-0.15, -0.1) is 0 Å². The molecule has 248 valence electrons. The summed E-state index contributed by atoms with van der Waals surface area (Å²) in [6.45, 7) is 9.43. The molecule has 0 aliphatic heterocycles. The van der Waals surface area contributed by atoms with Gasteiger partial charge >= 0.3 is 0 Å². The highest BCUT2D eigenvalue weighted by Gasteiger charge is 2.37. The largest absolute Gasteiger partial charge is 0.455 e. The van der Waals surface area contributed by atoms with E-state index in [1.54, 1.807) is 0 Å². The summed E-state index contributed by atoms with van der Waals surface area (Å²) in [5.41, 5.74) is 11.8. The molecule has 2 heterocycles. The fraction of sp³-hybridized carbons (Fsp3) is 0.170. The molecule has 1 aliphatic carbocycles. The first-order chi connectivity index (χ1) is 24.7. The van der Waals surface area contributed by atoms with Crippen molar-refractivity contribution in [3.05, 3.63) is 151 Å². The van der Waals surface area contributed by atoms with Crippen LogP contribution < -0.4 is 0 Å². The molecule has 8 aromatic rings. The molecule has 6 aromatic carbocycles. The molecular weight excluding hydrogens is 623 g/mol. The van der Waals surface area contributed by atoms with Gasteiger partial charge in [0.05, 0.1) is 5.56 Å². The minimum absolute atomic E-state index is 0.0555. The zero-order valence-electron chi connectivity index (χ0n) is 29.4. The second-order valence-electron chi connectivity index (χ2n) is 15.1. The first-order valence-electron chi connectivity index (χ1n) is 17.8. The van der Waals surface area contributed by atoms with Crippen molar-refractivity contribution in [3.8, 4) is 56.4 Å². The SMILES string of the molecule is CC1(C)CCC(C)(C)c2cc(-c3nc(-c4cccc(-c5ccccc5)c4)nc(-c4cccc5c4oc4c(-c6ccccc6)cccc45)n3)ccc21. The monoisotopic (exact) mass is 661 g/mol. The van der Waals surface area contributed by atoms with Crippen molar-refractivity contribution in [3.63, 3.8) is 0 Å². The Bertz CT molecular complexity index is 2580. The molecule has 0 spiro atoms. The Morgan fingerprint density at radius 1 is 0.412 bits per heavy atom.